The van der Waals surface area contributed by atoms with Crippen LogP contribution in [0, 0.1) is 0 Å². The molecule has 2 fully saturated rings. The van der Waals surface area contributed by atoms with Gasteiger partial charge in [0, 0.05) is 58.5 Å². The lowest BCUT2D eigenvalue weighted by molar-refractivity contribution is 0.139. The van der Waals surface area contributed by atoms with Crippen LogP contribution in [0.1, 0.15) is 19.3 Å². The molecule has 3 heterocycles. The predicted molar refractivity (Wildman–Crippen MR) is 90.6 cm³/mol. The third kappa shape index (κ3) is 4.25. The van der Waals surface area contributed by atoms with Crippen molar-refractivity contribution < 1.29 is 9.53 Å². The molecule has 23 heavy (non-hydrogen) atoms. The van der Waals surface area contributed by atoms with Crippen molar-refractivity contribution >= 4 is 6.03 Å². The number of ether oxygens (including phenoxy) is 1. The average molecular weight is 322 g/mol. The summed E-state index contributed by atoms with van der Waals surface area (Å²) in [7, 11) is 1.74. The van der Waals surface area contributed by atoms with Crippen LogP contribution in [0.3, 0.4) is 0 Å². The lowest BCUT2D eigenvalue weighted by Crippen LogP contribution is -2.46. The molecular weight excluding hydrogens is 292 g/mol. The Labute approximate surface area is 139 Å². The summed E-state index contributed by atoms with van der Waals surface area (Å²) in [5.74, 6) is 0. The van der Waals surface area contributed by atoms with Gasteiger partial charge in [0.05, 0.1) is 6.61 Å². The molecule has 3 rings (SSSR count). The third-order valence-electron chi connectivity index (χ3n) is 5.38. The summed E-state index contributed by atoms with van der Waals surface area (Å²) in [5.41, 5.74) is 0. The summed E-state index contributed by atoms with van der Waals surface area (Å²) < 4.78 is 5.17. The molecule has 0 aromatic carbocycles. The summed E-state index contributed by atoms with van der Waals surface area (Å²) in [6.07, 6.45) is 7.93. The SMILES string of the molecule is COCCN1CCCC1CNC(=O)N1CCC(N2CC=CC2)C1. The van der Waals surface area contributed by atoms with Gasteiger partial charge in [0.2, 0.25) is 0 Å². The van der Waals surface area contributed by atoms with E-state index in [1.807, 2.05) is 4.90 Å². The summed E-state index contributed by atoms with van der Waals surface area (Å²) in [6.45, 7) is 7.43. The fourth-order valence-corrected chi connectivity index (χ4v) is 3.96. The van der Waals surface area contributed by atoms with Gasteiger partial charge in [-0.05, 0) is 25.8 Å². The molecule has 0 bridgehead atoms. The zero-order valence-corrected chi connectivity index (χ0v) is 14.2. The Hall–Kier alpha value is -1.11. The van der Waals surface area contributed by atoms with Crippen LogP contribution in [-0.2, 0) is 4.74 Å². The Balaban J connectivity index is 1.39. The minimum absolute atomic E-state index is 0.109. The van der Waals surface area contributed by atoms with Gasteiger partial charge in [-0.2, -0.15) is 0 Å². The van der Waals surface area contributed by atoms with Crippen LogP contribution in [0.15, 0.2) is 12.2 Å². The third-order valence-corrected chi connectivity index (χ3v) is 5.38. The van der Waals surface area contributed by atoms with E-state index in [-0.39, 0.29) is 6.03 Å². The highest BCUT2D eigenvalue weighted by atomic mass is 16.5. The molecule has 130 valence electrons. The van der Waals surface area contributed by atoms with Gasteiger partial charge in [0.15, 0.2) is 0 Å². The highest BCUT2D eigenvalue weighted by Crippen LogP contribution is 2.19. The standard InChI is InChI=1S/C17H30N4O2/c1-23-12-11-20-9-4-5-15(20)13-18-17(22)21-10-6-16(14-21)19-7-2-3-8-19/h2-3,15-16H,4-14H2,1H3,(H,18,22). The first-order chi connectivity index (χ1) is 11.3. The molecule has 2 amide bonds. The zero-order valence-electron chi connectivity index (χ0n) is 14.2. The molecule has 0 saturated carbocycles. The topological polar surface area (TPSA) is 48.1 Å². The quantitative estimate of drug-likeness (QED) is 0.733. The minimum Gasteiger partial charge on any atom is -0.383 e. The van der Waals surface area contributed by atoms with Crippen LogP contribution in [-0.4, -0.2) is 92.3 Å². The number of hydrogen-bond donors (Lipinski definition) is 1. The second-order valence-corrected chi connectivity index (χ2v) is 6.82. The summed E-state index contributed by atoms with van der Waals surface area (Å²) >= 11 is 0. The van der Waals surface area contributed by atoms with Gasteiger partial charge >= 0.3 is 6.03 Å². The average Bonchev–Trinajstić information content (AvgIpc) is 3.31. The number of hydrogen-bond acceptors (Lipinski definition) is 4. The molecule has 6 nitrogen and oxygen atoms in total. The van der Waals surface area contributed by atoms with Crippen molar-refractivity contribution in [3.63, 3.8) is 0 Å². The second kappa shape index (κ2) is 8.13. The fraction of sp³-hybridized carbons (Fsp3) is 0.824. The Morgan fingerprint density at radius 1 is 1.26 bits per heavy atom. The smallest absolute Gasteiger partial charge is 0.317 e. The molecule has 0 aromatic heterocycles. The second-order valence-electron chi connectivity index (χ2n) is 6.82. The van der Waals surface area contributed by atoms with Gasteiger partial charge in [0.1, 0.15) is 0 Å². The van der Waals surface area contributed by atoms with Gasteiger partial charge in [0.25, 0.3) is 0 Å². The normalized spacial score (nSPS) is 28.8. The van der Waals surface area contributed by atoms with Crippen molar-refractivity contribution in [1.29, 1.82) is 0 Å². The monoisotopic (exact) mass is 322 g/mol. The molecule has 6 heteroatoms. The Morgan fingerprint density at radius 3 is 2.87 bits per heavy atom. The van der Waals surface area contributed by atoms with Crippen molar-refractivity contribution in [2.24, 2.45) is 0 Å². The van der Waals surface area contributed by atoms with E-state index in [9.17, 15) is 4.79 Å². The van der Waals surface area contributed by atoms with Crippen molar-refractivity contribution in [3.8, 4) is 0 Å². The summed E-state index contributed by atoms with van der Waals surface area (Å²) in [4.78, 5) is 19.3. The van der Waals surface area contributed by atoms with Gasteiger partial charge in [-0.3, -0.25) is 9.80 Å². The van der Waals surface area contributed by atoms with Crippen molar-refractivity contribution in [2.75, 3.05) is 59.5 Å². The largest absolute Gasteiger partial charge is 0.383 e. The maximum atomic E-state index is 12.4. The van der Waals surface area contributed by atoms with Gasteiger partial charge < -0.3 is 15.0 Å². The molecule has 0 radical (unpaired) electrons. The molecular formula is C17H30N4O2. The lowest BCUT2D eigenvalue weighted by atomic mass is 10.2. The number of carbonyl (C=O) groups is 1. The maximum Gasteiger partial charge on any atom is 0.317 e. The molecule has 0 spiro atoms. The van der Waals surface area contributed by atoms with E-state index in [4.69, 9.17) is 4.74 Å². The predicted octanol–water partition coefficient (Wildman–Crippen LogP) is 0.753. The van der Waals surface area contributed by atoms with Crippen LogP contribution in [0.2, 0.25) is 0 Å². The Kier molecular flexibility index (Phi) is 5.91. The van der Waals surface area contributed by atoms with E-state index in [0.29, 0.717) is 12.1 Å². The Morgan fingerprint density at radius 2 is 2.09 bits per heavy atom. The first-order valence-corrected chi connectivity index (χ1v) is 8.92. The number of likely N-dealkylation sites (tertiary alicyclic amines) is 2. The van der Waals surface area contributed by atoms with Gasteiger partial charge in [-0.1, -0.05) is 12.2 Å². The van der Waals surface area contributed by atoms with E-state index in [2.05, 4.69) is 27.3 Å². The first-order valence-electron chi connectivity index (χ1n) is 8.92. The van der Waals surface area contributed by atoms with E-state index in [0.717, 1.165) is 58.8 Å². The van der Waals surface area contributed by atoms with Crippen molar-refractivity contribution in [3.05, 3.63) is 12.2 Å². The molecule has 3 aliphatic rings. The molecule has 3 aliphatic heterocycles. The zero-order chi connectivity index (χ0) is 16.1. The van der Waals surface area contributed by atoms with Crippen LogP contribution in [0.4, 0.5) is 4.79 Å². The molecule has 0 aromatic rings. The number of methoxy groups -OCH3 is 1. The highest BCUT2D eigenvalue weighted by molar-refractivity contribution is 5.74. The fourth-order valence-electron chi connectivity index (χ4n) is 3.96. The number of carbonyl (C=O) groups excluding carboxylic acids is 1. The first kappa shape index (κ1) is 16.7. The van der Waals surface area contributed by atoms with Crippen LogP contribution >= 0.6 is 0 Å². The Bertz CT molecular complexity index is 421. The molecule has 2 atom stereocenters. The number of nitrogens with one attached hydrogen (secondary N) is 1. The van der Waals surface area contributed by atoms with E-state index >= 15 is 0 Å². The number of amides is 2. The van der Waals surface area contributed by atoms with Crippen molar-refractivity contribution in [2.45, 2.75) is 31.3 Å². The van der Waals surface area contributed by atoms with E-state index in [1.165, 1.54) is 12.8 Å². The number of urea groups is 1. The van der Waals surface area contributed by atoms with Gasteiger partial charge in [-0.15, -0.1) is 0 Å². The van der Waals surface area contributed by atoms with Crippen LogP contribution in [0.5, 0.6) is 0 Å². The number of nitrogens with zero attached hydrogens (tertiary/aromatic N) is 3. The van der Waals surface area contributed by atoms with E-state index < -0.39 is 0 Å². The van der Waals surface area contributed by atoms with Crippen LogP contribution < -0.4 is 5.32 Å². The molecule has 1 N–H and O–H groups in total. The lowest BCUT2D eigenvalue weighted by Gasteiger charge is -2.26. The molecule has 2 saturated heterocycles. The maximum absolute atomic E-state index is 12.4. The van der Waals surface area contributed by atoms with Gasteiger partial charge in [-0.25, -0.2) is 4.79 Å². The van der Waals surface area contributed by atoms with Crippen molar-refractivity contribution in [1.82, 2.24) is 20.0 Å². The number of rotatable bonds is 6. The minimum atomic E-state index is 0.109. The van der Waals surface area contributed by atoms with Crippen LogP contribution in [0.25, 0.3) is 0 Å². The van der Waals surface area contributed by atoms with E-state index in [1.54, 1.807) is 7.11 Å². The highest BCUT2D eigenvalue weighted by Gasteiger charge is 2.31. The molecule has 0 aliphatic carbocycles. The summed E-state index contributed by atoms with van der Waals surface area (Å²) in [5, 5.41) is 3.15. The summed E-state index contributed by atoms with van der Waals surface area (Å²) in [6, 6.07) is 1.11. The molecule has 2 unspecified atom stereocenters.